The molecule has 3 aromatic rings. The van der Waals surface area contributed by atoms with E-state index in [9.17, 15) is 0 Å². The van der Waals surface area contributed by atoms with E-state index in [2.05, 4.69) is 44.8 Å². The molecule has 0 spiro atoms. The first-order valence-corrected chi connectivity index (χ1v) is 8.86. The lowest BCUT2D eigenvalue weighted by Crippen LogP contribution is -2.46. The maximum absolute atomic E-state index is 9.07. The highest BCUT2D eigenvalue weighted by Gasteiger charge is 2.38. The van der Waals surface area contributed by atoms with Crippen molar-refractivity contribution in [2.24, 2.45) is 0 Å². The van der Waals surface area contributed by atoms with E-state index >= 15 is 0 Å². The monoisotopic (exact) mass is 366 g/mol. The SMILES string of the molecule is CN(c1ccc(C#N)c(Cl)c1)C1(C)CCN(c2ncnc3[nH]ccc23)C1. The Balaban J connectivity index is 1.61. The van der Waals surface area contributed by atoms with Gasteiger partial charge in [-0.25, -0.2) is 9.97 Å². The van der Waals surface area contributed by atoms with Crippen molar-refractivity contribution in [2.75, 3.05) is 29.9 Å². The Bertz CT molecular complexity index is 1010. The van der Waals surface area contributed by atoms with Gasteiger partial charge in [0.25, 0.3) is 0 Å². The van der Waals surface area contributed by atoms with Crippen molar-refractivity contribution < 1.29 is 0 Å². The van der Waals surface area contributed by atoms with Crippen LogP contribution in [-0.2, 0) is 0 Å². The third-order valence-electron chi connectivity index (χ3n) is 5.35. The molecule has 1 aromatic carbocycles. The van der Waals surface area contributed by atoms with Gasteiger partial charge in [-0.15, -0.1) is 0 Å². The van der Waals surface area contributed by atoms with Crippen LogP contribution in [0.5, 0.6) is 0 Å². The first-order chi connectivity index (χ1) is 12.5. The van der Waals surface area contributed by atoms with Crippen molar-refractivity contribution in [2.45, 2.75) is 18.9 Å². The number of aromatic nitrogens is 3. The second kappa shape index (κ2) is 6.19. The van der Waals surface area contributed by atoms with Gasteiger partial charge in [0.15, 0.2) is 0 Å². The van der Waals surface area contributed by atoms with Crippen LogP contribution in [0.25, 0.3) is 11.0 Å². The maximum Gasteiger partial charge on any atom is 0.142 e. The van der Waals surface area contributed by atoms with Crippen LogP contribution in [0.3, 0.4) is 0 Å². The molecule has 2 aromatic heterocycles. The summed E-state index contributed by atoms with van der Waals surface area (Å²) < 4.78 is 0. The first-order valence-electron chi connectivity index (χ1n) is 8.48. The summed E-state index contributed by atoms with van der Waals surface area (Å²) in [7, 11) is 2.08. The molecule has 4 rings (SSSR count). The number of hydrogen-bond acceptors (Lipinski definition) is 5. The van der Waals surface area contributed by atoms with Gasteiger partial charge >= 0.3 is 0 Å². The number of hydrogen-bond donors (Lipinski definition) is 1. The average Bonchev–Trinajstić information content (AvgIpc) is 3.28. The molecule has 6 nitrogen and oxygen atoms in total. The molecule has 0 bridgehead atoms. The number of fused-ring (bicyclic) bond motifs is 1. The number of halogens is 1. The van der Waals surface area contributed by atoms with Gasteiger partial charge in [-0.2, -0.15) is 5.26 Å². The molecule has 0 radical (unpaired) electrons. The minimum atomic E-state index is -0.0644. The summed E-state index contributed by atoms with van der Waals surface area (Å²) in [6.45, 7) is 4.01. The van der Waals surface area contributed by atoms with E-state index in [1.807, 2.05) is 24.4 Å². The number of anilines is 2. The van der Waals surface area contributed by atoms with E-state index in [-0.39, 0.29) is 5.54 Å². The quantitative estimate of drug-likeness (QED) is 0.767. The predicted octanol–water partition coefficient (Wildman–Crippen LogP) is 3.59. The number of nitriles is 1. The molecule has 0 amide bonds. The van der Waals surface area contributed by atoms with Crippen LogP contribution >= 0.6 is 11.6 Å². The molecule has 1 aliphatic heterocycles. The number of likely N-dealkylation sites (N-methyl/N-ethyl adjacent to an activating group) is 1. The van der Waals surface area contributed by atoms with Crippen LogP contribution < -0.4 is 9.80 Å². The zero-order valence-corrected chi connectivity index (χ0v) is 15.5. The third kappa shape index (κ3) is 2.65. The molecule has 1 aliphatic rings. The molecule has 0 aliphatic carbocycles. The van der Waals surface area contributed by atoms with E-state index in [0.29, 0.717) is 10.6 Å². The van der Waals surface area contributed by atoms with Gasteiger partial charge in [0.1, 0.15) is 23.9 Å². The minimum absolute atomic E-state index is 0.0644. The normalized spacial score (nSPS) is 19.7. The molecule has 26 heavy (non-hydrogen) atoms. The number of nitrogens with one attached hydrogen (secondary N) is 1. The van der Waals surface area contributed by atoms with Crippen LogP contribution in [0.4, 0.5) is 11.5 Å². The Morgan fingerprint density at radius 1 is 1.35 bits per heavy atom. The molecule has 1 saturated heterocycles. The zero-order chi connectivity index (χ0) is 18.3. The number of H-pyrrole nitrogens is 1. The fourth-order valence-corrected chi connectivity index (χ4v) is 3.84. The van der Waals surface area contributed by atoms with E-state index < -0.39 is 0 Å². The largest absolute Gasteiger partial charge is 0.367 e. The van der Waals surface area contributed by atoms with Crippen LogP contribution in [0.15, 0.2) is 36.8 Å². The fraction of sp³-hybridized carbons (Fsp3) is 0.316. The van der Waals surface area contributed by atoms with Crippen molar-refractivity contribution in [3.05, 3.63) is 47.4 Å². The van der Waals surface area contributed by atoms with Gasteiger partial charge in [0, 0.05) is 32.0 Å². The number of aromatic amines is 1. The Labute approximate surface area is 157 Å². The van der Waals surface area contributed by atoms with Gasteiger partial charge in [0.05, 0.1) is 21.5 Å². The zero-order valence-electron chi connectivity index (χ0n) is 14.7. The highest BCUT2D eigenvalue weighted by atomic mass is 35.5. The Hall–Kier alpha value is -2.78. The molecule has 132 valence electrons. The lowest BCUT2D eigenvalue weighted by atomic mass is 9.98. The highest BCUT2D eigenvalue weighted by molar-refractivity contribution is 6.32. The molecule has 1 atom stereocenters. The molecule has 1 N–H and O–H groups in total. The lowest BCUT2D eigenvalue weighted by Gasteiger charge is -2.37. The first kappa shape index (κ1) is 16.7. The van der Waals surface area contributed by atoms with Gasteiger partial charge in [-0.05, 0) is 37.6 Å². The summed E-state index contributed by atoms with van der Waals surface area (Å²) in [6, 6.07) is 9.72. The summed E-state index contributed by atoms with van der Waals surface area (Å²) in [5.41, 5.74) is 2.30. The maximum atomic E-state index is 9.07. The van der Waals surface area contributed by atoms with Crippen molar-refractivity contribution in [3.63, 3.8) is 0 Å². The second-order valence-electron chi connectivity index (χ2n) is 6.94. The van der Waals surface area contributed by atoms with Crippen LogP contribution in [0.1, 0.15) is 18.9 Å². The lowest BCUT2D eigenvalue weighted by molar-refractivity contribution is 0.491. The van der Waals surface area contributed by atoms with E-state index in [1.54, 1.807) is 12.4 Å². The van der Waals surface area contributed by atoms with Crippen LogP contribution in [0.2, 0.25) is 5.02 Å². The minimum Gasteiger partial charge on any atom is -0.367 e. The molecule has 3 heterocycles. The predicted molar refractivity (Wildman–Crippen MR) is 104 cm³/mol. The van der Waals surface area contributed by atoms with Gasteiger partial charge < -0.3 is 14.8 Å². The van der Waals surface area contributed by atoms with Crippen LogP contribution in [-0.4, -0.2) is 40.6 Å². The summed E-state index contributed by atoms with van der Waals surface area (Å²) in [6.07, 6.45) is 4.49. The van der Waals surface area contributed by atoms with Crippen molar-refractivity contribution in [1.82, 2.24) is 15.0 Å². The third-order valence-corrected chi connectivity index (χ3v) is 5.67. The van der Waals surface area contributed by atoms with E-state index in [1.165, 1.54) is 0 Å². The standard InChI is InChI=1S/C19H19ClN6/c1-19(25(2)14-4-3-13(10-21)16(20)9-14)6-8-26(11-19)18-15-5-7-22-17(15)23-12-24-18/h3-5,7,9,12H,6,8,11H2,1-2H3,(H,22,23,24). The van der Waals surface area contributed by atoms with E-state index in [0.717, 1.165) is 42.0 Å². The summed E-state index contributed by atoms with van der Waals surface area (Å²) in [5, 5.41) is 10.6. The number of nitrogens with zero attached hydrogens (tertiary/aromatic N) is 5. The van der Waals surface area contributed by atoms with Crippen LogP contribution in [0, 0.1) is 11.3 Å². The van der Waals surface area contributed by atoms with Gasteiger partial charge in [-0.3, -0.25) is 0 Å². The van der Waals surface area contributed by atoms with Crippen molar-refractivity contribution >= 4 is 34.1 Å². The van der Waals surface area contributed by atoms with Crippen molar-refractivity contribution in [1.29, 1.82) is 5.26 Å². The topological polar surface area (TPSA) is 71.8 Å². The fourth-order valence-electron chi connectivity index (χ4n) is 3.63. The number of rotatable bonds is 3. The molecule has 1 fully saturated rings. The molecular weight excluding hydrogens is 348 g/mol. The molecular formula is C19H19ClN6. The molecule has 7 heteroatoms. The summed E-state index contributed by atoms with van der Waals surface area (Å²) in [5.74, 6) is 0.964. The Morgan fingerprint density at radius 2 is 2.19 bits per heavy atom. The van der Waals surface area contributed by atoms with Gasteiger partial charge in [-0.1, -0.05) is 11.6 Å². The molecule has 0 saturated carbocycles. The van der Waals surface area contributed by atoms with Crippen molar-refractivity contribution in [3.8, 4) is 6.07 Å². The summed E-state index contributed by atoms with van der Waals surface area (Å²) in [4.78, 5) is 16.5. The average molecular weight is 367 g/mol. The van der Waals surface area contributed by atoms with Gasteiger partial charge in [0.2, 0.25) is 0 Å². The van der Waals surface area contributed by atoms with E-state index in [4.69, 9.17) is 16.9 Å². The smallest absolute Gasteiger partial charge is 0.142 e. The Kier molecular flexibility index (Phi) is 3.97. The second-order valence-corrected chi connectivity index (χ2v) is 7.35. The molecule has 1 unspecified atom stereocenters. The summed E-state index contributed by atoms with van der Waals surface area (Å²) >= 11 is 6.22. The highest BCUT2D eigenvalue weighted by Crippen LogP contribution is 2.35. The number of benzene rings is 1. The Morgan fingerprint density at radius 3 is 2.96 bits per heavy atom.